The number of nitrogens with zero attached hydrogens (tertiary/aromatic N) is 2. The molecule has 3 nitrogen and oxygen atoms in total. The quantitative estimate of drug-likeness (QED) is 0.136. The van der Waals surface area contributed by atoms with E-state index in [4.69, 9.17) is 4.42 Å². The number of furan rings is 1. The van der Waals surface area contributed by atoms with Gasteiger partial charge in [0, 0.05) is 54.5 Å². The molecule has 71 heavy (non-hydrogen) atoms. The highest BCUT2D eigenvalue weighted by molar-refractivity contribution is 7.20. The van der Waals surface area contributed by atoms with E-state index in [9.17, 15) is 0 Å². The molecule has 0 radical (unpaired) electrons. The fraction of sp³-hybridized carbons (Fsp3) is 0.0448. The van der Waals surface area contributed by atoms with Crippen molar-refractivity contribution in [3.05, 3.63) is 259 Å². The zero-order valence-electron chi connectivity index (χ0n) is 39.2. The molecule has 2 heterocycles. The number of hydrogen-bond donors (Lipinski definition) is 0. The molecule has 0 fully saturated rings. The third-order valence-corrected chi connectivity index (χ3v) is 15.3. The van der Waals surface area contributed by atoms with E-state index in [-0.39, 0.29) is 0 Å². The van der Waals surface area contributed by atoms with E-state index in [2.05, 4.69) is 259 Å². The molecule has 1 aliphatic rings. The third kappa shape index (κ3) is 7.99. The van der Waals surface area contributed by atoms with Gasteiger partial charge in [0.05, 0.1) is 0 Å². The minimum absolute atomic E-state index is 0.522. The zero-order valence-corrected chi connectivity index (χ0v) is 40.1. The molecule has 10 aromatic carbocycles. The third-order valence-electron chi connectivity index (χ3n) is 14.1. The largest absolute Gasteiger partial charge is 0.456 e. The summed E-state index contributed by atoms with van der Waals surface area (Å²) >= 11 is 1.91. The summed E-state index contributed by atoms with van der Waals surface area (Å²) in [5, 5.41) is 3.61. The topological polar surface area (TPSA) is 19.6 Å². The van der Waals surface area contributed by atoms with Crippen LogP contribution in [0, 0.1) is 0 Å². The van der Waals surface area contributed by atoms with Gasteiger partial charge in [-0.05, 0) is 165 Å². The van der Waals surface area contributed by atoms with E-state index >= 15 is 0 Å². The van der Waals surface area contributed by atoms with Crippen molar-refractivity contribution in [3.63, 3.8) is 0 Å². The average molecular weight is 929 g/mol. The lowest BCUT2D eigenvalue weighted by Gasteiger charge is -2.26. The lowest BCUT2D eigenvalue weighted by Crippen LogP contribution is -2.09. The first-order chi connectivity index (χ1) is 35.1. The number of allylic oxidation sites excluding steroid dienone is 1. The second-order valence-corrected chi connectivity index (χ2v) is 19.6. The Bertz CT molecular complexity index is 3870. The van der Waals surface area contributed by atoms with Crippen LogP contribution in [0.25, 0.3) is 82.6 Å². The fourth-order valence-electron chi connectivity index (χ4n) is 10.5. The van der Waals surface area contributed by atoms with Gasteiger partial charge in [-0.2, -0.15) is 0 Å². The normalized spacial score (nSPS) is 13.2. The Kier molecular flexibility index (Phi) is 10.7. The van der Waals surface area contributed by atoms with E-state index in [0.717, 1.165) is 56.8 Å². The van der Waals surface area contributed by atoms with Crippen molar-refractivity contribution in [3.8, 4) is 44.5 Å². The summed E-state index contributed by atoms with van der Waals surface area (Å²) in [5.41, 5.74) is 19.5. The highest BCUT2D eigenvalue weighted by atomic mass is 32.1. The van der Waals surface area contributed by atoms with Crippen molar-refractivity contribution in [2.75, 3.05) is 9.80 Å². The lowest BCUT2D eigenvalue weighted by molar-refractivity contribution is 0.669. The fourth-order valence-corrected chi connectivity index (χ4v) is 11.7. The van der Waals surface area contributed by atoms with Crippen LogP contribution in [0.5, 0.6) is 0 Å². The summed E-state index contributed by atoms with van der Waals surface area (Å²) < 4.78 is 7.51. The summed E-state index contributed by atoms with van der Waals surface area (Å²) in [7, 11) is 0. The van der Waals surface area contributed by atoms with Crippen molar-refractivity contribution >= 4 is 83.6 Å². The number of hydrogen-bond acceptors (Lipinski definition) is 4. The van der Waals surface area contributed by atoms with Gasteiger partial charge in [-0.25, -0.2) is 0 Å². The number of benzene rings is 10. The predicted octanol–water partition coefficient (Wildman–Crippen LogP) is 19.9. The molecule has 0 bridgehead atoms. The van der Waals surface area contributed by atoms with E-state index < -0.39 is 0 Å². The van der Waals surface area contributed by atoms with Gasteiger partial charge >= 0.3 is 0 Å². The molecular formula is C67H48N2OS. The molecule has 1 unspecified atom stereocenters. The predicted molar refractivity (Wildman–Crippen MR) is 302 cm³/mol. The van der Waals surface area contributed by atoms with Crippen LogP contribution >= 0.6 is 11.3 Å². The van der Waals surface area contributed by atoms with Crippen LogP contribution in [0.4, 0.5) is 34.1 Å². The van der Waals surface area contributed by atoms with Crippen molar-refractivity contribution in [2.24, 2.45) is 0 Å². The van der Waals surface area contributed by atoms with Gasteiger partial charge in [0.2, 0.25) is 0 Å². The van der Waals surface area contributed by atoms with Crippen LogP contribution in [-0.4, -0.2) is 0 Å². The van der Waals surface area contributed by atoms with Gasteiger partial charge in [0.25, 0.3) is 0 Å². The Morgan fingerprint density at radius 1 is 0.366 bits per heavy atom. The van der Waals surface area contributed by atoms with Crippen molar-refractivity contribution in [2.45, 2.75) is 19.3 Å². The molecular weight excluding hydrogens is 881 g/mol. The zero-order chi connectivity index (χ0) is 47.3. The second kappa shape index (κ2) is 18.0. The van der Waals surface area contributed by atoms with Crippen LogP contribution in [0.2, 0.25) is 0 Å². The SMILES string of the molecule is CC1CC=Cc2sc3ccc(N(c4ccccc4)c4ccc(-c5ccc(-c6ccc(-c7ccc(-c8ccc(N(c9ccccc9)c9ccc%10oc%11ccccc%11c%10c9)cc8)cc7)cc6)cc5)cc4)cc3c21. The summed E-state index contributed by atoms with van der Waals surface area (Å²) in [4.78, 5) is 6.09. The van der Waals surface area contributed by atoms with E-state index in [1.807, 2.05) is 23.5 Å². The van der Waals surface area contributed by atoms with Gasteiger partial charge in [-0.1, -0.05) is 165 Å². The molecule has 0 saturated heterocycles. The molecule has 0 amide bonds. The van der Waals surface area contributed by atoms with Crippen molar-refractivity contribution < 1.29 is 4.42 Å². The number of anilines is 6. The van der Waals surface area contributed by atoms with E-state index in [1.54, 1.807) is 0 Å². The Hall–Kier alpha value is -8.70. The lowest BCUT2D eigenvalue weighted by atomic mass is 9.91. The molecule has 1 atom stereocenters. The summed E-state index contributed by atoms with van der Waals surface area (Å²) in [6.45, 7) is 2.35. The van der Waals surface area contributed by atoms with Crippen LogP contribution in [-0.2, 0) is 0 Å². The smallest absolute Gasteiger partial charge is 0.135 e. The Labute approximate surface area is 418 Å². The molecule has 0 aliphatic heterocycles. The molecule has 0 N–H and O–H groups in total. The summed E-state index contributed by atoms with van der Waals surface area (Å²) in [5.74, 6) is 0.522. The molecule has 0 saturated carbocycles. The van der Waals surface area contributed by atoms with Crippen molar-refractivity contribution in [1.82, 2.24) is 0 Å². The van der Waals surface area contributed by atoms with Crippen LogP contribution in [0.1, 0.15) is 29.7 Å². The first-order valence-electron chi connectivity index (χ1n) is 24.4. The van der Waals surface area contributed by atoms with Gasteiger partial charge in [0.1, 0.15) is 11.2 Å². The molecule has 1 aliphatic carbocycles. The minimum atomic E-state index is 0.522. The summed E-state index contributed by atoms with van der Waals surface area (Å²) in [6, 6.07) is 87.6. The molecule has 2 aromatic heterocycles. The first-order valence-corrected chi connectivity index (χ1v) is 25.3. The Morgan fingerprint density at radius 3 is 1.24 bits per heavy atom. The highest BCUT2D eigenvalue weighted by Crippen LogP contribution is 2.45. The van der Waals surface area contributed by atoms with Gasteiger partial charge in [-0.3, -0.25) is 0 Å². The van der Waals surface area contributed by atoms with E-state index in [1.165, 1.54) is 70.7 Å². The number of fused-ring (bicyclic) bond motifs is 6. The standard InChI is InChI=1S/C67H48N2OS/c1-45-11-10-18-66-67(45)62-44-59(40-42-65(62)71-66)69(55-14-6-3-7-15-55)57-37-33-53(34-38-57)51-29-25-49(26-30-51)47-21-19-46(20-22-47)48-23-27-50(28-24-48)52-31-35-56(36-32-52)68(54-12-4-2-5-13-54)58-39-41-64-61(43-58)60-16-8-9-17-63(60)70-64/h2-10,12-45H,11H2,1H3. The minimum Gasteiger partial charge on any atom is -0.456 e. The maximum Gasteiger partial charge on any atom is 0.135 e. The molecule has 13 rings (SSSR count). The first kappa shape index (κ1) is 42.4. The molecule has 338 valence electrons. The van der Waals surface area contributed by atoms with Gasteiger partial charge < -0.3 is 14.2 Å². The average Bonchev–Trinajstić information content (AvgIpc) is 4.01. The van der Waals surface area contributed by atoms with Gasteiger partial charge in [-0.15, -0.1) is 11.3 Å². The van der Waals surface area contributed by atoms with E-state index in [0.29, 0.717) is 5.92 Å². The summed E-state index contributed by atoms with van der Waals surface area (Å²) in [6.07, 6.45) is 5.72. The van der Waals surface area contributed by atoms with Crippen molar-refractivity contribution in [1.29, 1.82) is 0 Å². The number of thiophene rings is 1. The maximum absolute atomic E-state index is 6.16. The Balaban J connectivity index is 0.706. The molecule has 4 heteroatoms. The Morgan fingerprint density at radius 2 is 0.746 bits per heavy atom. The number of rotatable bonds is 10. The molecule has 12 aromatic rings. The van der Waals surface area contributed by atoms with Crippen LogP contribution < -0.4 is 9.80 Å². The highest BCUT2D eigenvalue weighted by Gasteiger charge is 2.22. The monoisotopic (exact) mass is 928 g/mol. The number of para-hydroxylation sites is 3. The molecule has 0 spiro atoms. The maximum atomic E-state index is 6.16. The van der Waals surface area contributed by atoms with Crippen LogP contribution in [0.3, 0.4) is 0 Å². The van der Waals surface area contributed by atoms with Gasteiger partial charge in [0.15, 0.2) is 0 Å². The van der Waals surface area contributed by atoms with Crippen LogP contribution in [0.15, 0.2) is 253 Å². The second-order valence-electron chi connectivity index (χ2n) is 18.5.